The molecular formula is C6H6BrClN4. The molecule has 0 aliphatic carbocycles. The normalized spacial score (nSPS) is 9.75. The van der Waals surface area contributed by atoms with Gasteiger partial charge in [0.05, 0.1) is 0 Å². The molecule has 0 aromatic carbocycles. The second kappa shape index (κ2) is 3.28. The first-order valence-electron chi connectivity index (χ1n) is 3.04. The zero-order valence-corrected chi connectivity index (χ0v) is 8.41. The highest BCUT2D eigenvalue weighted by molar-refractivity contribution is 8.93. The van der Waals surface area contributed by atoms with Gasteiger partial charge in [-0.15, -0.1) is 27.2 Å². The molecular weight excluding hydrogens is 243 g/mol. The molecule has 6 heteroatoms. The van der Waals surface area contributed by atoms with E-state index in [0.717, 1.165) is 0 Å². The Morgan fingerprint density at radius 1 is 1.33 bits per heavy atom. The van der Waals surface area contributed by atoms with Crippen LogP contribution in [0.25, 0.3) is 5.65 Å². The van der Waals surface area contributed by atoms with Crippen molar-refractivity contribution in [3.8, 4) is 0 Å². The Kier molecular flexibility index (Phi) is 2.54. The van der Waals surface area contributed by atoms with Gasteiger partial charge in [-0.1, -0.05) is 17.7 Å². The van der Waals surface area contributed by atoms with Gasteiger partial charge >= 0.3 is 0 Å². The van der Waals surface area contributed by atoms with Crippen LogP contribution < -0.4 is 5.73 Å². The van der Waals surface area contributed by atoms with Crippen LogP contribution in [0, 0.1) is 0 Å². The lowest BCUT2D eigenvalue weighted by Gasteiger charge is -1.95. The van der Waals surface area contributed by atoms with E-state index in [2.05, 4.69) is 10.2 Å². The third-order valence-electron chi connectivity index (χ3n) is 1.41. The van der Waals surface area contributed by atoms with E-state index >= 15 is 0 Å². The molecule has 0 saturated carbocycles. The fourth-order valence-electron chi connectivity index (χ4n) is 0.924. The molecule has 0 atom stereocenters. The second-order valence-corrected chi connectivity index (χ2v) is 2.49. The number of hydrogen-bond acceptors (Lipinski definition) is 3. The summed E-state index contributed by atoms with van der Waals surface area (Å²) in [6.07, 6.45) is 0. The second-order valence-electron chi connectivity index (χ2n) is 2.10. The van der Waals surface area contributed by atoms with E-state index in [1.165, 1.54) is 0 Å². The van der Waals surface area contributed by atoms with Crippen LogP contribution in [-0.4, -0.2) is 14.6 Å². The molecule has 64 valence electrons. The lowest BCUT2D eigenvalue weighted by atomic mass is 10.5. The van der Waals surface area contributed by atoms with E-state index in [4.69, 9.17) is 17.3 Å². The van der Waals surface area contributed by atoms with Crippen LogP contribution in [0.5, 0.6) is 0 Å². The van der Waals surface area contributed by atoms with Crippen LogP contribution in [0.15, 0.2) is 18.2 Å². The summed E-state index contributed by atoms with van der Waals surface area (Å²) in [5, 5.41) is 7.96. The first kappa shape index (κ1) is 9.28. The van der Waals surface area contributed by atoms with Crippen LogP contribution in [0.1, 0.15) is 0 Å². The molecule has 2 N–H and O–H groups in total. The third-order valence-corrected chi connectivity index (χ3v) is 1.70. The van der Waals surface area contributed by atoms with Gasteiger partial charge < -0.3 is 5.73 Å². The molecule has 4 nitrogen and oxygen atoms in total. The van der Waals surface area contributed by atoms with Crippen LogP contribution in [0.2, 0.25) is 5.15 Å². The Labute approximate surface area is 84.1 Å². The van der Waals surface area contributed by atoms with E-state index in [0.29, 0.717) is 16.7 Å². The Hall–Kier alpha value is -0.810. The summed E-state index contributed by atoms with van der Waals surface area (Å²) in [6.45, 7) is 0. The molecule has 0 unspecified atom stereocenters. The highest BCUT2D eigenvalue weighted by Crippen LogP contribution is 2.13. The number of pyridine rings is 1. The lowest BCUT2D eigenvalue weighted by Crippen LogP contribution is -1.94. The van der Waals surface area contributed by atoms with Crippen LogP contribution in [-0.2, 0) is 0 Å². The van der Waals surface area contributed by atoms with Gasteiger partial charge in [0.15, 0.2) is 5.65 Å². The van der Waals surface area contributed by atoms with Gasteiger partial charge in [-0.25, -0.2) is 0 Å². The van der Waals surface area contributed by atoms with Gasteiger partial charge in [0.2, 0.25) is 5.95 Å². The Morgan fingerprint density at radius 3 is 2.75 bits per heavy atom. The maximum Gasteiger partial charge on any atom is 0.227 e. The van der Waals surface area contributed by atoms with Gasteiger partial charge in [0.25, 0.3) is 0 Å². The van der Waals surface area contributed by atoms with Crippen LogP contribution in [0.4, 0.5) is 5.95 Å². The summed E-state index contributed by atoms with van der Waals surface area (Å²) in [7, 11) is 0. The number of aromatic nitrogens is 3. The molecule has 12 heavy (non-hydrogen) atoms. The first-order valence-corrected chi connectivity index (χ1v) is 3.42. The summed E-state index contributed by atoms with van der Waals surface area (Å²) in [4.78, 5) is 0. The quantitative estimate of drug-likeness (QED) is 0.721. The highest BCUT2D eigenvalue weighted by Gasteiger charge is 2.02. The van der Waals surface area contributed by atoms with Crippen molar-refractivity contribution in [2.24, 2.45) is 0 Å². The van der Waals surface area contributed by atoms with Gasteiger partial charge in [0, 0.05) is 0 Å². The predicted octanol–water partition coefficient (Wildman–Crippen LogP) is 1.54. The topological polar surface area (TPSA) is 56.2 Å². The summed E-state index contributed by atoms with van der Waals surface area (Å²) >= 11 is 5.81. The lowest BCUT2D eigenvalue weighted by molar-refractivity contribution is 1.12. The zero-order chi connectivity index (χ0) is 7.84. The summed E-state index contributed by atoms with van der Waals surface area (Å²) in [6, 6.07) is 5.31. The Morgan fingerprint density at radius 2 is 2.08 bits per heavy atom. The van der Waals surface area contributed by atoms with Gasteiger partial charge in [-0.05, 0) is 12.1 Å². The monoisotopic (exact) mass is 248 g/mol. The number of rotatable bonds is 0. The van der Waals surface area contributed by atoms with Crippen molar-refractivity contribution in [2.75, 3.05) is 5.73 Å². The van der Waals surface area contributed by atoms with Crippen molar-refractivity contribution in [1.82, 2.24) is 14.6 Å². The molecule has 0 radical (unpaired) electrons. The molecule has 0 spiro atoms. The van der Waals surface area contributed by atoms with Crippen molar-refractivity contribution < 1.29 is 0 Å². The Balaban J connectivity index is 0.000000720. The number of nitrogens with zero attached hydrogens (tertiary/aromatic N) is 3. The summed E-state index contributed by atoms with van der Waals surface area (Å²) < 4.78 is 1.57. The maximum absolute atomic E-state index is 5.81. The smallest absolute Gasteiger partial charge is 0.227 e. The van der Waals surface area contributed by atoms with E-state index in [1.807, 2.05) is 0 Å². The van der Waals surface area contributed by atoms with E-state index in [-0.39, 0.29) is 17.0 Å². The Bertz CT molecular complexity index is 399. The zero-order valence-electron chi connectivity index (χ0n) is 5.94. The molecule has 2 heterocycles. The highest BCUT2D eigenvalue weighted by atomic mass is 79.9. The van der Waals surface area contributed by atoms with Gasteiger partial charge in [-0.2, -0.15) is 0 Å². The molecule has 2 rings (SSSR count). The van der Waals surface area contributed by atoms with E-state index < -0.39 is 0 Å². The van der Waals surface area contributed by atoms with Gasteiger partial charge in [-0.3, -0.25) is 4.40 Å². The van der Waals surface area contributed by atoms with Crippen molar-refractivity contribution in [3.63, 3.8) is 0 Å². The maximum atomic E-state index is 5.81. The van der Waals surface area contributed by atoms with Crippen LogP contribution in [0.3, 0.4) is 0 Å². The standard InChI is InChI=1S/C6H5ClN4.BrH/c7-4-2-1-3-5-9-10-6(8)11(4)5;/h1-3H,(H2,8,10);1H. The van der Waals surface area contributed by atoms with Crippen molar-refractivity contribution in [2.45, 2.75) is 0 Å². The van der Waals surface area contributed by atoms with Gasteiger partial charge in [0.1, 0.15) is 5.15 Å². The molecule has 2 aromatic rings. The number of fused-ring (bicyclic) bond motifs is 1. The molecule has 2 aromatic heterocycles. The number of halogens is 2. The predicted molar refractivity (Wildman–Crippen MR) is 52.7 cm³/mol. The molecule has 0 bridgehead atoms. The third kappa shape index (κ3) is 1.25. The number of nitrogen functional groups attached to an aromatic ring is 1. The average molecular weight is 249 g/mol. The van der Waals surface area contributed by atoms with E-state index in [9.17, 15) is 0 Å². The van der Waals surface area contributed by atoms with Crippen molar-refractivity contribution >= 4 is 40.2 Å². The fraction of sp³-hybridized carbons (Fsp3) is 0. The average Bonchev–Trinajstić information content (AvgIpc) is 2.34. The summed E-state index contributed by atoms with van der Waals surface area (Å²) in [5.41, 5.74) is 6.14. The molecule has 0 aliphatic rings. The molecule has 0 fully saturated rings. The van der Waals surface area contributed by atoms with Crippen molar-refractivity contribution in [1.29, 1.82) is 0 Å². The van der Waals surface area contributed by atoms with Crippen LogP contribution >= 0.6 is 28.6 Å². The molecule has 0 saturated heterocycles. The molecule has 0 aliphatic heterocycles. The first-order chi connectivity index (χ1) is 5.29. The minimum Gasteiger partial charge on any atom is -0.368 e. The number of hydrogen-bond donors (Lipinski definition) is 1. The van der Waals surface area contributed by atoms with Crippen molar-refractivity contribution in [3.05, 3.63) is 23.4 Å². The largest absolute Gasteiger partial charge is 0.368 e. The number of anilines is 1. The minimum atomic E-state index is 0. The summed E-state index contributed by atoms with van der Waals surface area (Å²) in [5.74, 6) is 0.311. The van der Waals surface area contributed by atoms with E-state index in [1.54, 1.807) is 22.6 Å². The minimum absolute atomic E-state index is 0. The number of nitrogens with two attached hydrogens (primary N) is 1. The fourth-order valence-corrected chi connectivity index (χ4v) is 1.17. The molecule has 0 amide bonds. The SMILES string of the molecule is Br.Nc1nnc2cccc(Cl)n12.